The number of hydrogen-bond donors (Lipinski definition) is 3. The number of hydrazine groups is 1. The molecule has 3 N–H and O–H groups in total. The van der Waals surface area contributed by atoms with Crippen LogP contribution in [0.3, 0.4) is 0 Å². The summed E-state index contributed by atoms with van der Waals surface area (Å²) in [5, 5.41) is 2.50. The van der Waals surface area contributed by atoms with E-state index in [1.54, 1.807) is 36.4 Å². The first-order valence-corrected chi connectivity index (χ1v) is 8.61. The van der Waals surface area contributed by atoms with Crippen molar-refractivity contribution in [3.8, 4) is 5.75 Å². The van der Waals surface area contributed by atoms with Gasteiger partial charge < -0.3 is 4.74 Å². The molecular weight excluding hydrogens is 350 g/mol. The second-order valence-electron chi connectivity index (χ2n) is 5.60. The molecule has 6 nitrogen and oxygen atoms in total. The predicted octanol–water partition coefficient (Wildman–Crippen LogP) is 2.73. The molecule has 0 spiro atoms. The van der Waals surface area contributed by atoms with Crippen molar-refractivity contribution in [2.24, 2.45) is 0 Å². The molecule has 0 atom stereocenters. The van der Waals surface area contributed by atoms with Crippen LogP contribution in [-0.2, 0) is 0 Å². The molecule has 0 saturated heterocycles. The monoisotopic (exact) mass is 371 g/mol. The maximum Gasteiger partial charge on any atom is 0.269 e. The minimum atomic E-state index is -0.380. The van der Waals surface area contributed by atoms with E-state index in [9.17, 15) is 9.59 Å². The molecule has 2 amide bonds. The van der Waals surface area contributed by atoms with Crippen LogP contribution < -0.4 is 20.9 Å². The first-order valence-electron chi connectivity index (χ1n) is 8.21. The summed E-state index contributed by atoms with van der Waals surface area (Å²) < 4.78 is 5.47. The van der Waals surface area contributed by atoms with Crippen LogP contribution in [0.15, 0.2) is 48.5 Å². The van der Waals surface area contributed by atoms with Gasteiger partial charge >= 0.3 is 0 Å². The number of aryl methyl sites for hydroxylation is 1. The van der Waals surface area contributed by atoms with Crippen molar-refractivity contribution < 1.29 is 14.3 Å². The number of ether oxygens (including phenoxy) is 1. The Balaban J connectivity index is 1.82. The lowest BCUT2D eigenvalue weighted by molar-refractivity contribution is 0.0934. The van der Waals surface area contributed by atoms with E-state index in [0.29, 0.717) is 23.5 Å². The Hall–Kier alpha value is -2.93. The summed E-state index contributed by atoms with van der Waals surface area (Å²) in [4.78, 5) is 24.1. The highest BCUT2D eigenvalue weighted by molar-refractivity contribution is 7.80. The largest absolute Gasteiger partial charge is 0.494 e. The van der Waals surface area contributed by atoms with Gasteiger partial charge in [-0.3, -0.25) is 25.8 Å². The highest BCUT2D eigenvalue weighted by Gasteiger charge is 2.09. The van der Waals surface area contributed by atoms with Gasteiger partial charge in [-0.05, 0) is 62.0 Å². The van der Waals surface area contributed by atoms with Crippen molar-refractivity contribution in [3.63, 3.8) is 0 Å². The summed E-state index contributed by atoms with van der Waals surface area (Å²) in [6.07, 6.45) is 0.913. The van der Waals surface area contributed by atoms with Crippen molar-refractivity contribution in [1.29, 1.82) is 0 Å². The Morgan fingerprint density at radius 3 is 2.12 bits per heavy atom. The third-order valence-corrected chi connectivity index (χ3v) is 3.62. The summed E-state index contributed by atoms with van der Waals surface area (Å²) in [7, 11) is 0. The van der Waals surface area contributed by atoms with E-state index in [-0.39, 0.29) is 16.9 Å². The third kappa shape index (κ3) is 5.86. The van der Waals surface area contributed by atoms with Crippen molar-refractivity contribution in [2.45, 2.75) is 20.3 Å². The van der Waals surface area contributed by atoms with E-state index in [1.807, 2.05) is 26.0 Å². The van der Waals surface area contributed by atoms with Crippen molar-refractivity contribution in [2.75, 3.05) is 6.61 Å². The number of hydrogen-bond acceptors (Lipinski definition) is 4. The summed E-state index contributed by atoms with van der Waals surface area (Å²) in [5.74, 6) is -0.0254. The molecule has 0 saturated carbocycles. The molecule has 0 aliphatic heterocycles. The molecular formula is C19H21N3O3S. The highest BCUT2D eigenvalue weighted by Crippen LogP contribution is 2.12. The zero-order valence-corrected chi connectivity index (χ0v) is 15.5. The standard InChI is InChI=1S/C19H21N3O3S/c1-3-12-25-16-10-8-14(9-11-16)17(23)20-19(26)22-21-18(24)15-6-4-13(2)5-7-15/h4-11H,3,12H2,1-2H3,(H,21,24)(H2,20,22,23,26). The van der Waals surface area contributed by atoms with Gasteiger partial charge in [0.15, 0.2) is 5.11 Å². The molecule has 0 aliphatic carbocycles. The first kappa shape index (κ1) is 19.4. The van der Waals surface area contributed by atoms with Gasteiger partial charge in [0.1, 0.15) is 5.75 Å². The molecule has 0 radical (unpaired) electrons. The third-order valence-electron chi connectivity index (χ3n) is 3.42. The van der Waals surface area contributed by atoms with E-state index in [1.165, 1.54) is 0 Å². The SMILES string of the molecule is CCCOc1ccc(C(=O)NC(=S)NNC(=O)c2ccc(C)cc2)cc1. The van der Waals surface area contributed by atoms with E-state index in [4.69, 9.17) is 17.0 Å². The first-order chi connectivity index (χ1) is 12.5. The molecule has 0 aromatic heterocycles. The lowest BCUT2D eigenvalue weighted by Crippen LogP contribution is -2.48. The Kier molecular flexibility index (Phi) is 7.11. The van der Waals surface area contributed by atoms with Crippen molar-refractivity contribution in [1.82, 2.24) is 16.2 Å². The summed E-state index contributed by atoms with van der Waals surface area (Å²) >= 11 is 5.02. The number of benzene rings is 2. The van der Waals surface area contributed by atoms with E-state index in [0.717, 1.165) is 12.0 Å². The maximum atomic E-state index is 12.1. The second kappa shape index (κ2) is 9.53. The minimum absolute atomic E-state index is 0.00164. The molecule has 0 heterocycles. The lowest BCUT2D eigenvalue weighted by atomic mass is 10.1. The summed E-state index contributed by atoms with van der Waals surface area (Å²) in [6, 6.07) is 13.8. The number of carbonyl (C=O) groups excluding carboxylic acids is 2. The minimum Gasteiger partial charge on any atom is -0.494 e. The van der Waals surface area contributed by atoms with Crippen molar-refractivity contribution in [3.05, 3.63) is 65.2 Å². The molecule has 0 unspecified atom stereocenters. The zero-order valence-electron chi connectivity index (χ0n) is 14.7. The second-order valence-corrected chi connectivity index (χ2v) is 6.01. The normalized spacial score (nSPS) is 9.92. The van der Waals surface area contributed by atoms with Gasteiger partial charge in [-0.1, -0.05) is 24.6 Å². The Morgan fingerprint density at radius 2 is 1.50 bits per heavy atom. The summed E-state index contributed by atoms with van der Waals surface area (Å²) in [5.41, 5.74) is 6.93. The fourth-order valence-electron chi connectivity index (χ4n) is 2.02. The van der Waals surface area contributed by atoms with Gasteiger partial charge in [-0.15, -0.1) is 0 Å². The number of carbonyl (C=O) groups is 2. The van der Waals surface area contributed by atoms with Gasteiger partial charge in [0.05, 0.1) is 6.61 Å². The smallest absolute Gasteiger partial charge is 0.269 e. The maximum absolute atomic E-state index is 12.1. The van der Waals surface area contributed by atoms with E-state index in [2.05, 4.69) is 16.2 Å². The number of nitrogens with one attached hydrogen (secondary N) is 3. The van der Waals surface area contributed by atoms with Crippen molar-refractivity contribution >= 4 is 29.1 Å². The van der Waals surface area contributed by atoms with Gasteiger partial charge in [0.2, 0.25) is 0 Å². The van der Waals surface area contributed by atoms with Gasteiger partial charge in [0.25, 0.3) is 11.8 Å². The van der Waals surface area contributed by atoms with Crippen LogP contribution in [0.2, 0.25) is 0 Å². The fraction of sp³-hybridized carbons (Fsp3) is 0.211. The molecule has 0 bridgehead atoms. The van der Waals surface area contributed by atoms with Crippen LogP contribution in [0.5, 0.6) is 5.75 Å². The molecule has 2 rings (SSSR count). The Labute approximate surface area is 157 Å². The molecule has 2 aromatic carbocycles. The molecule has 2 aromatic rings. The zero-order chi connectivity index (χ0) is 18.9. The van der Waals surface area contributed by atoms with E-state index < -0.39 is 0 Å². The lowest BCUT2D eigenvalue weighted by Gasteiger charge is -2.11. The number of rotatable bonds is 5. The topological polar surface area (TPSA) is 79.5 Å². The number of thiocarbonyl (C=S) groups is 1. The highest BCUT2D eigenvalue weighted by atomic mass is 32.1. The van der Waals surface area contributed by atoms with E-state index >= 15 is 0 Å². The van der Waals surface area contributed by atoms with Gasteiger partial charge in [-0.2, -0.15) is 0 Å². The van der Waals surface area contributed by atoms with Crippen LogP contribution in [-0.4, -0.2) is 23.5 Å². The van der Waals surface area contributed by atoms with Crippen LogP contribution in [0, 0.1) is 6.92 Å². The molecule has 26 heavy (non-hydrogen) atoms. The van der Waals surface area contributed by atoms with Crippen LogP contribution >= 0.6 is 12.2 Å². The molecule has 7 heteroatoms. The van der Waals surface area contributed by atoms with Crippen LogP contribution in [0.1, 0.15) is 39.6 Å². The summed E-state index contributed by atoms with van der Waals surface area (Å²) in [6.45, 7) is 4.58. The average molecular weight is 371 g/mol. The Morgan fingerprint density at radius 1 is 0.923 bits per heavy atom. The van der Waals surface area contributed by atoms with Crippen LogP contribution in [0.4, 0.5) is 0 Å². The number of amides is 2. The fourth-order valence-corrected chi connectivity index (χ4v) is 2.16. The quantitative estimate of drug-likeness (QED) is 0.556. The molecule has 136 valence electrons. The molecule has 0 aliphatic rings. The van der Waals surface area contributed by atoms with Crippen LogP contribution in [0.25, 0.3) is 0 Å². The van der Waals surface area contributed by atoms with Gasteiger partial charge in [0, 0.05) is 11.1 Å². The predicted molar refractivity (Wildman–Crippen MR) is 104 cm³/mol. The average Bonchev–Trinajstić information content (AvgIpc) is 2.65. The Bertz CT molecular complexity index is 774. The molecule has 0 fully saturated rings. The van der Waals surface area contributed by atoms with Gasteiger partial charge in [-0.25, -0.2) is 0 Å².